The van der Waals surface area contributed by atoms with Gasteiger partial charge in [-0.2, -0.15) is 0 Å². The average molecular weight is 383 g/mol. The molecule has 2 aromatic carbocycles. The van der Waals surface area contributed by atoms with Gasteiger partial charge in [-0.25, -0.2) is 0 Å². The summed E-state index contributed by atoms with van der Waals surface area (Å²) in [5, 5.41) is 11.0. The summed E-state index contributed by atoms with van der Waals surface area (Å²) in [6.07, 6.45) is -0.811. The van der Waals surface area contributed by atoms with Crippen molar-refractivity contribution < 1.29 is 9.90 Å². The summed E-state index contributed by atoms with van der Waals surface area (Å²) in [7, 11) is 0. The molecule has 1 amide bonds. The molecule has 0 unspecified atom stereocenters. The first-order valence-electron chi connectivity index (χ1n) is 9.31. The molecule has 0 bridgehead atoms. The lowest BCUT2D eigenvalue weighted by atomic mass is 10.0. The zero-order valence-corrected chi connectivity index (χ0v) is 16.8. The van der Waals surface area contributed by atoms with Gasteiger partial charge in [0.2, 0.25) is 5.91 Å². The number of amides is 1. The van der Waals surface area contributed by atoms with Gasteiger partial charge in [0, 0.05) is 12.2 Å². The van der Waals surface area contributed by atoms with Gasteiger partial charge in [-0.1, -0.05) is 61.9 Å². The Morgan fingerprint density at radius 2 is 1.78 bits per heavy atom. The number of aliphatic hydroxyl groups excluding tert-OH is 1. The number of benzene rings is 2. The largest absolute Gasteiger partial charge is 0.388 e. The van der Waals surface area contributed by atoms with E-state index in [2.05, 4.69) is 13.8 Å². The molecule has 5 heteroatoms. The average Bonchev–Trinajstić information content (AvgIpc) is 3.00. The molecular formula is C22H26N2O2S. The Morgan fingerprint density at radius 3 is 2.37 bits per heavy atom. The molecule has 1 N–H and O–H groups in total. The third-order valence-corrected chi connectivity index (χ3v) is 5.49. The molecule has 3 rings (SSSR count). The minimum atomic E-state index is -0.834. The van der Waals surface area contributed by atoms with Crippen molar-refractivity contribution in [3.8, 4) is 0 Å². The van der Waals surface area contributed by atoms with E-state index in [1.54, 1.807) is 4.90 Å². The van der Waals surface area contributed by atoms with Crippen molar-refractivity contribution in [2.75, 3.05) is 11.4 Å². The van der Waals surface area contributed by atoms with Crippen LogP contribution in [-0.4, -0.2) is 33.6 Å². The van der Waals surface area contributed by atoms with Crippen molar-refractivity contribution in [1.29, 1.82) is 0 Å². The first kappa shape index (κ1) is 19.5. The van der Waals surface area contributed by atoms with Crippen molar-refractivity contribution in [3.05, 3.63) is 65.7 Å². The number of aryl methyl sites for hydroxylation is 1. The van der Waals surface area contributed by atoms with Gasteiger partial charge < -0.3 is 10.0 Å². The van der Waals surface area contributed by atoms with E-state index in [1.807, 2.05) is 66.4 Å². The van der Waals surface area contributed by atoms with Crippen molar-refractivity contribution in [3.63, 3.8) is 0 Å². The Hall–Kier alpha value is -2.24. The summed E-state index contributed by atoms with van der Waals surface area (Å²) in [6, 6.07) is 17.5. The Labute approximate surface area is 166 Å². The quantitative estimate of drug-likeness (QED) is 0.792. The number of carbonyl (C=O) groups is 1. The van der Waals surface area contributed by atoms with Crippen molar-refractivity contribution in [2.24, 2.45) is 5.92 Å². The van der Waals surface area contributed by atoms with Gasteiger partial charge in [0.25, 0.3) is 0 Å². The monoisotopic (exact) mass is 382 g/mol. The summed E-state index contributed by atoms with van der Waals surface area (Å²) >= 11 is 5.65. The number of carbonyl (C=O) groups excluding carboxylic acids is 1. The Kier molecular flexibility index (Phi) is 5.92. The molecule has 0 radical (unpaired) electrons. The number of rotatable bonds is 5. The van der Waals surface area contributed by atoms with Crippen molar-refractivity contribution in [2.45, 2.75) is 39.3 Å². The smallest absolute Gasteiger partial charge is 0.232 e. The number of para-hydroxylation sites is 1. The summed E-state index contributed by atoms with van der Waals surface area (Å²) in [4.78, 5) is 16.8. The van der Waals surface area contributed by atoms with Gasteiger partial charge in [0.05, 0.1) is 18.6 Å². The van der Waals surface area contributed by atoms with Crippen molar-refractivity contribution in [1.82, 2.24) is 4.90 Å². The van der Waals surface area contributed by atoms with Crippen LogP contribution in [0.3, 0.4) is 0 Å². The second-order valence-electron chi connectivity index (χ2n) is 7.43. The molecule has 27 heavy (non-hydrogen) atoms. The summed E-state index contributed by atoms with van der Waals surface area (Å²) < 4.78 is 0. The SMILES string of the molecule is Cc1ccc([C@H](O)CC(=O)N2C(=S)N(c3ccccc3)C[C@@H]2C(C)C)cc1. The van der Waals surface area contributed by atoms with E-state index < -0.39 is 6.10 Å². The molecule has 4 nitrogen and oxygen atoms in total. The Balaban J connectivity index is 1.79. The van der Waals surface area contributed by atoms with Gasteiger partial charge in [0.15, 0.2) is 5.11 Å². The summed E-state index contributed by atoms with van der Waals surface area (Å²) in [5.41, 5.74) is 2.86. The first-order chi connectivity index (χ1) is 12.9. The maximum Gasteiger partial charge on any atom is 0.232 e. The predicted octanol–water partition coefficient (Wildman–Crippen LogP) is 4.08. The molecule has 1 heterocycles. The van der Waals surface area contributed by atoms with Crippen LogP contribution in [0.4, 0.5) is 5.69 Å². The lowest BCUT2D eigenvalue weighted by molar-refractivity contribution is -0.131. The second-order valence-corrected chi connectivity index (χ2v) is 7.80. The van der Waals surface area contributed by atoms with Crippen LogP contribution in [0.5, 0.6) is 0 Å². The van der Waals surface area contributed by atoms with E-state index in [-0.39, 0.29) is 24.3 Å². The zero-order chi connectivity index (χ0) is 19.6. The number of thiocarbonyl (C=S) groups is 1. The molecule has 0 spiro atoms. The highest BCUT2D eigenvalue weighted by molar-refractivity contribution is 7.80. The van der Waals surface area contributed by atoms with Gasteiger partial charge >= 0.3 is 0 Å². The number of hydrogen-bond donors (Lipinski definition) is 1. The van der Waals surface area contributed by atoms with Crippen LogP contribution < -0.4 is 4.90 Å². The lowest BCUT2D eigenvalue weighted by Gasteiger charge is -2.27. The van der Waals surface area contributed by atoms with E-state index in [0.29, 0.717) is 11.7 Å². The minimum absolute atomic E-state index is 0.00424. The summed E-state index contributed by atoms with van der Waals surface area (Å²) in [6.45, 7) is 6.86. The highest BCUT2D eigenvalue weighted by atomic mass is 32.1. The molecule has 1 aliphatic rings. The molecule has 2 atom stereocenters. The molecule has 0 saturated carbocycles. The highest BCUT2D eigenvalue weighted by Gasteiger charge is 2.40. The van der Waals surface area contributed by atoms with E-state index in [0.717, 1.165) is 16.8 Å². The minimum Gasteiger partial charge on any atom is -0.388 e. The maximum atomic E-state index is 13.0. The van der Waals surface area contributed by atoms with Gasteiger partial charge in [0.1, 0.15) is 0 Å². The van der Waals surface area contributed by atoms with Crippen LogP contribution in [0.25, 0.3) is 0 Å². The van der Waals surface area contributed by atoms with E-state index >= 15 is 0 Å². The molecule has 0 aromatic heterocycles. The number of anilines is 1. The van der Waals surface area contributed by atoms with Crippen LogP contribution in [0.1, 0.15) is 37.5 Å². The third kappa shape index (κ3) is 4.20. The van der Waals surface area contributed by atoms with E-state index in [9.17, 15) is 9.90 Å². The van der Waals surface area contributed by atoms with Gasteiger partial charge in [-0.3, -0.25) is 9.69 Å². The fourth-order valence-corrected chi connectivity index (χ4v) is 3.83. The van der Waals surface area contributed by atoms with Gasteiger partial charge in [-0.15, -0.1) is 0 Å². The summed E-state index contributed by atoms with van der Waals surface area (Å²) in [5.74, 6) is 0.127. The van der Waals surface area contributed by atoms with Crippen LogP contribution >= 0.6 is 12.2 Å². The normalized spacial score (nSPS) is 18.3. The molecule has 1 aliphatic heterocycles. The fraction of sp³-hybridized carbons (Fsp3) is 0.364. The van der Waals surface area contributed by atoms with Crippen molar-refractivity contribution >= 4 is 28.9 Å². The Morgan fingerprint density at radius 1 is 1.15 bits per heavy atom. The number of hydrogen-bond acceptors (Lipinski definition) is 3. The molecule has 0 aliphatic carbocycles. The van der Waals surface area contributed by atoms with Crippen LogP contribution in [0.15, 0.2) is 54.6 Å². The molecule has 1 fully saturated rings. The Bertz CT molecular complexity index is 805. The van der Waals surface area contributed by atoms with Crippen LogP contribution in [0, 0.1) is 12.8 Å². The molecule has 1 saturated heterocycles. The predicted molar refractivity (Wildman–Crippen MR) is 113 cm³/mol. The standard InChI is InChI=1S/C22H26N2O2S/c1-15(2)19-14-23(18-7-5-4-6-8-18)22(27)24(19)21(26)13-20(25)17-11-9-16(3)10-12-17/h4-12,15,19-20,25H,13-14H2,1-3H3/t19-,20-/m1/s1. The second kappa shape index (κ2) is 8.19. The first-order valence-corrected chi connectivity index (χ1v) is 9.72. The molecule has 2 aromatic rings. The van der Waals surface area contributed by atoms with Crippen LogP contribution in [0.2, 0.25) is 0 Å². The molecular weight excluding hydrogens is 356 g/mol. The maximum absolute atomic E-state index is 13.0. The van der Waals surface area contributed by atoms with Gasteiger partial charge in [-0.05, 0) is 42.8 Å². The zero-order valence-electron chi connectivity index (χ0n) is 16.0. The topological polar surface area (TPSA) is 43.8 Å². The highest BCUT2D eigenvalue weighted by Crippen LogP contribution is 2.29. The van der Waals surface area contributed by atoms with E-state index in [1.165, 1.54) is 0 Å². The van der Waals surface area contributed by atoms with E-state index in [4.69, 9.17) is 12.2 Å². The third-order valence-electron chi connectivity index (χ3n) is 5.07. The molecule has 142 valence electrons. The lowest BCUT2D eigenvalue weighted by Crippen LogP contribution is -2.42. The van der Waals surface area contributed by atoms with Crippen LogP contribution in [-0.2, 0) is 4.79 Å². The fourth-order valence-electron chi connectivity index (χ4n) is 3.41. The number of nitrogens with zero attached hydrogens (tertiary/aromatic N) is 2. The number of aliphatic hydroxyl groups is 1.